The summed E-state index contributed by atoms with van der Waals surface area (Å²) in [5.74, 6) is 2.16. The molecule has 2 nitrogen and oxygen atoms in total. The summed E-state index contributed by atoms with van der Waals surface area (Å²) in [5.41, 5.74) is 0. The van der Waals surface area contributed by atoms with Crippen molar-refractivity contribution in [3.05, 3.63) is 0 Å². The molecule has 1 unspecified atom stereocenters. The van der Waals surface area contributed by atoms with Crippen molar-refractivity contribution in [2.24, 2.45) is 11.8 Å². The number of nitrogens with zero attached hydrogens (tertiary/aromatic N) is 1. The molecule has 0 heterocycles. The normalized spacial score (nSPS) is 31.9. The Balaban J connectivity index is 1.49. The molecular weight excluding hydrogens is 208 g/mol. The van der Waals surface area contributed by atoms with Gasteiger partial charge in [-0.1, -0.05) is 12.8 Å². The van der Waals surface area contributed by atoms with Crippen LogP contribution >= 0.6 is 0 Å². The minimum absolute atomic E-state index is 0.688. The molecule has 1 N–H and O–H groups in total. The van der Waals surface area contributed by atoms with E-state index in [4.69, 9.17) is 0 Å². The van der Waals surface area contributed by atoms with E-state index in [-0.39, 0.29) is 0 Å². The lowest BCUT2D eigenvalue weighted by Gasteiger charge is -2.23. The van der Waals surface area contributed by atoms with E-state index in [0.717, 1.165) is 17.9 Å². The predicted octanol–water partition coefficient (Wildman–Crippen LogP) is 2.89. The Bertz CT molecular complexity index is 227. The summed E-state index contributed by atoms with van der Waals surface area (Å²) in [6.45, 7) is 7.02. The van der Waals surface area contributed by atoms with Crippen LogP contribution in [-0.2, 0) is 0 Å². The first-order valence-electron chi connectivity index (χ1n) is 7.62. The zero-order valence-corrected chi connectivity index (χ0v) is 11.9. The Labute approximate surface area is 107 Å². The Morgan fingerprint density at radius 2 is 2.06 bits per heavy atom. The van der Waals surface area contributed by atoms with E-state index in [1.807, 2.05) is 0 Å². The van der Waals surface area contributed by atoms with Crippen molar-refractivity contribution < 1.29 is 0 Å². The standard InChI is InChI=1S/C15H30N2/c1-12(2)17(3)10-5-4-9-16-15-8-6-7-13-11-14(13)15/h12-16H,4-11H2,1-3H3/t13-,14+,15?/m0/s1. The van der Waals surface area contributed by atoms with Gasteiger partial charge in [-0.3, -0.25) is 0 Å². The highest BCUT2D eigenvalue weighted by Gasteiger charge is 2.44. The fourth-order valence-corrected chi connectivity index (χ4v) is 3.20. The highest BCUT2D eigenvalue weighted by Crippen LogP contribution is 2.49. The minimum Gasteiger partial charge on any atom is -0.314 e. The van der Waals surface area contributed by atoms with Gasteiger partial charge in [0.1, 0.15) is 0 Å². The molecular formula is C15H30N2. The molecule has 0 aromatic rings. The molecule has 0 aliphatic heterocycles. The summed E-state index contributed by atoms with van der Waals surface area (Å²) in [7, 11) is 2.23. The fraction of sp³-hybridized carbons (Fsp3) is 1.00. The quantitative estimate of drug-likeness (QED) is 0.686. The van der Waals surface area contributed by atoms with Gasteiger partial charge in [-0.05, 0) is 71.5 Å². The lowest BCUT2D eigenvalue weighted by molar-refractivity contribution is 0.265. The molecule has 0 saturated heterocycles. The fourth-order valence-electron chi connectivity index (χ4n) is 3.20. The highest BCUT2D eigenvalue weighted by molar-refractivity contribution is 4.98. The number of hydrogen-bond acceptors (Lipinski definition) is 2. The molecule has 2 fully saturated rings. The molecule has 100 valence electrons. The molecule has 17 heavy (non-hydrogen) atoms. The molecule has 0 radical (unpaired) electrons. The van der Waals surface area contributed by atoms with Crippen LogP contribution in [0.2, 0.25) is 0 Å². The van der Waals surface area contributed by atoms with Crippen LogP contribution in [0.1, 0.15) is 52.4 Å². The van der Waals surface area contributed by atoms with E-state index in [1.54, 1.807) is 0 Å². The van der Waals surface area contributed by atoms with E-state index in [2.05, 4.69) is 31.1 Å². The smallest absolute Gasteiger partial charge is 0.00980 e. The topological polar surface area (TPSA) is 15.3 Å². The van der Waals surface area contributed by atoms with Crippen molar-refractivity contribution in [1.82, 2.24) is 10.2 Å². The summed E-state index contributed by atoms with van der Waals surface area (Å²) in [4.78, 5) is 2.44. The predicted molar refractivity (Wildman–Crippen MR) is 74.2 cm³/mol. The summed E-state index contributed by atoms with van der Waals surface area (Å²) >= 11 is 0. The van der Waals surface area contributed by atoms with Crippen LogP contribution in [0.4, 0.5) is 0 Å². The monoisotopic (exact) mass is 238 g/mol. The van der Waals surface area contributed by atoms with E-state index < -0.39 is 0 Å². The van der Waals surface area contributed by atoms with Crippen LogP contribution < -0.4 is 5.32 Å². The summed E-state index contributed by atoms with van der Waals surface area (Å²) in [6.07, 6.45) is 8.62. The molecule has 2 aliphatic carbocycles. The second kappa shape index (κ2) is 6.19. The van der Waals surface area contributed by atoms with Crippen molar-refractivity contribution in [2.75, 3.05) is 20.1 Å². The molecule has 2 saturated carbocycles. The maximum Gasteiger partial charge on any atom is 0.00980 e. The number of nitrogens with one attached hydrogen (secondary N) is 1. The second-order valence-electron chi connectivity index (χ2n) is 6.43. The van der Waals surface area contributed by atoms with Crippen LogP contribution in [0.5, 0.6) is 0 Å². The first-order chi connectivity index (χ1) is 8.18. The van der Waals surface area contributed by atoms with Gasteiger partial charge in [0, 0.05) is 12.1 Å². The van der Waals surface area contributed by atoms with E-state index in [0.29, 0.717) is 6.04 Å². The van der Waals surface area contributed by atoms with Crippen molar-refractivity contribution in [1.29, 1.82) is 0 Å². The Kier molecular flexibility index (Phi) is 4.87. The van der Waals surface area contributed by atoms with Gasteiger partial charge < -0.3 is 10.2 Å². The van der Waals surface area contributed by atoms with Crippen LogP contribution in [0, 0.1) is 11.8 Å². The molecule has 0 amide bonds. The molecule has 2 heteroatoms. The van der Waals surface area contributed by atoms with Gasteiger partial charge in [-0.15, -0.1) is 0 Å². The van der Waals surface area contributed by atoms with Gasteiger partial charge >= 0.3 is 0 Å². The van der Waals surface area contributed by atoms with Crippen LogP contribution in [0.25, 0.3) is 0 Å². The van der Waals surface area contributed by atoms with Crippen molar-refractivity contribution in [3.63, 3.8) is 0 Å². The van der Waals surface area contributed by atoms with Gasteiger partial charge in [0.05, 0.1) is 0 Å². The van der Waals surface area contributed by atoms with Crippen molar-refractivity contribution in [2.45, 2.75) is 64.5 Å². The van der Waals surface area contributed by atoms with E-state index in [1.165, 1.54) is 51.6 Å². The Morgan fingerprint density at radius 1 is 1.24 bits per heavy atom. The number of unbranched alkanes of at least 4 members (excludes halogenated alkanes) is 1. The molecule has 2 aliphatic rings. The summed E-state index contributed by atoms with van der Waals surface area (Å²) < 4.78 is 0. The first-order valence-corrected chi connectivity index (χ1v) is 7.62. The van der Waals surface area contributed by atoms with Crippen LogP contribution in [0.15, 0.2) is 0 Å². The third-order valence-corrected chi connectivity index (χ3v) is 4.81. The average Bonchev–Trinajstić information content (AvgIpc) is 3.07. The van der Waals surface area contributed by atoms with Gasteiger partial charge in [0.15, 0.2) is 0 Å². The van der Waals surface area contributed by atoms with Crippen LogP contribution in [-0.4, -0.2) is 37.1 Å². The van der Waals surface area contributed by atoms with Crippen molar-refractivity contribution >= 4 is 0 Å². The molecule has 0 spiro atoms. The SMILES string of the molecule is CC(C)N(C)CCCCNC1CCC[C@H]2C[C@@H]12. The Morgan fingerprint density at radius 3 is 2.82 bits per heavy atom. The third-order valence-electron chi connectivity index (χ3n) is 4.81. The molecule has 0 aromatic carbocycles. The summed E-state index contributed by atoms with van der Waals surface area (Å²) in [6, 6.07) is 1.56. The summed E-state index contributed by atoms with van der Waals surface area (Å²) in [5, 5.41) is 3.80. The number of fused-ring (bicyclic) bond motifs is 1. The number of hydrogen-bond donors (Lipinski definition) is 1. The maximum absolute atomic E-state index is 3.80. The van der Waals surface area contributed by atoms with E-state index in [9.17, 15) is 0 Å². The van der Waals surface area contributed by atoms with Gasteiger partial charge in [-0.25, -0.2) is 0 Å². The zero-order valence-electron chi connectivity index (χ0n) is 11.9. The largest absolute Gasteiger partial charge is 0.314 e. The lowest BCUT2D eigenvalue weighted by Crippen LogP contribution is -2.34. The lowest BCUT2D eigenvalue weighted by atomic mass is 9.95. The van der Waals surface area contributed by atoms with Gasteiger partial charge in [0.25, 0.3) is 0 Å². The minimum atomic E-state index is 0.688. The second-order valence-corrected chi connectivity index (χ2v) is 6.43. The number of rotatable bonds is 7. The average molecular weight is 238 g/mol. The van der Waals surface area contributed by atoms with Crippen molar-refractivity contribution in [3.8, 4) is 0 Å². The van der Waals surface area contributed by atoms with Gasteiger partial charge in [-0.2, -0.15) is 0 Å². The Hall–Kier alpha value is -0.0800. The zero-order chi connectivity index (χ0) is 12.3. The highest BCUT2D eigenvalue weighted by atomic mass is 15.1. The molecule has 2 rings (SSSR count). The van der Waals surface area contributed by atoms with Crippen LogP contribution in [0.3, 0.4) is 0 Å². The first kappa shape index (κ1) is 13.4. The molecule has 3 atom stereocenters. The third kappa shape index (κ3) is 3.96. The maximum atomic E-state index is 3.80. The molecule has 0 bridgehead atoms. The van der Waals surface area contributed by atoms with Gasteiger partial charge in [0.2, 0.25) is 0 Å². The van der Waals surface area contributed by atoms with E-state index >= 15 is 0 Å². The molecule has 0 aromatic heterocycles.